The van der Waals surface area contributed by atoms with Crippen molar-refractivity contribution in [3.05, 3.63) is 47.2 Å². The molecule has 1 heterocycles. The largest absolute Gasteiger partial charge is 0.501 e. The lowest BCUT2D eigenvalue weighted by atomic mass is 9.96. The first kappa shape index (κ1) is 12.0. The molecule has 0 aromatic heterocycles. The Hall–Kier alpha value is -1.46. The molecule has 0 fully saturated rings. The molecule has 1 aromatic carbocycles. The summed E-state index contributed by atoms with van der Waals surface area (Å²) in [6.45, 7) is 0.679. The molecule has 1 aromatic rings. The number of rotatable bonds is 3. The van der Waals surface area contributed by atoms with E-state index in [-0.39, 0.29) is 6.04 Å². The maximum atomic E-state index is 13.1. The zero-order valence-electron chi connectivity index (χ0n) is 9.25. The molecule has 0 spiro atoms. The standard InChI is InChI=1S/C12H14F2N2O/c13-10-4-3-8(6-11(10)14)12(16-15)9-2-1-5-17-7-9/h3-4,6-7,12,16H,1-2,5,15H2. The van der Waals surface area contributed by atoms with Crippen LogP contribution in [0, 0.1) is 11.6 Å². The highest BCUT2D eigenvalue weighted by Crippen LogP contribution is 2.27. The highest BCUT2D eigenvalue weighted by Gasteiger charge is 2.19. The fourth-order valence-corrected chi connectivity index (χ4v) is 1.91. The molecule has 1 atom stereocenters. The second-order valence-electron chi connectivity index (χ2n) is 3.94. The summed E-state index contributed by atoms with van der Waals surface area (Å²) in [5.74, 6) is 3.72. The number of halogens is 2. The normalized spacial score (nSPS) is 17.2. The molecule has 1 aliphatic rings. The van der Waals surface area contributed by atoms with Crippen LogP contribution >= 0.6 is 0 Å². The summed E-state index contributed by atoms with van der Waals surface area (Å²) in [5.41, 5.74) is 4.12. The molecule has 0 aliphatic carbocycles. The zero-order chi connectivity index (χ0) is 12.3. The van der Waals surface area contributed by atoms with E-state index >= 15 is 0 Å². The van der Waals surface area contributed by atoms with Crippen molar-refractivity contribution in [2.75, 3.05) is 6.61 Å². The van der Waals surface area contributed by atoms with Gasteiger partial charge in [-0.15, -0.1) is 0 Å². The van der Waals surface area contributed by atoms with E-state index in [4.69, 9.17) is 10.6 Å². The van der Waals surface area contributed by atoms with Crippen LogP contribution in [-0.2, 0) is 4.74 Å². The Bertz CT molecular complexity index is 435. The highest BCUT2D eigenvalue weighted by molar-refractivity contribution is 5.29. The van der Waals surface area contributed by atoms with Gasteiger partial charge in [-0.25, -0.2) is 14.2 Å². The molecule has 3 N–H and O–H groups in total. The van der Waals surface area contributed by atoms with Gasteiger partial charge in [-0.2, -0.15) is 0 Å². The summed E-state index contributed by atoms with van der Waals surface area (Å²) < 4.78 is 31.2. The fourth-order valence-electron chi connectivity index (χ4n) is 1.91. The zero-order valence-corrected chi connectivity index (χ0v) is 9.25. The minimum absolute atomic E-state index is 0.342. The third-order valence-corrected chi connectivity index (χ3v) is 2.78. The van der Waals surface area contributed by atoms with Crippen LogP contribution in [0.2, 0.25) is 0 Å². The molecule has 2 rings (SSSR count). The molecule has 3 nitrogen and oxygen atoms in total. The van der Waals surface area contributed by atoms with E-state index in [1.54, 1.807) is 6.26 Å². The molecule has 0 amide bonds. The second-order valence-corrected chi connectivity index (χ2v) is 3.94. The highest BCUT2D eigenvalue weighted by atomic mass is 19.2. The van der Waals surface area contributed by atoms with Gasteiger partial charge in [-0.05, 0) is 36.1 Å². The predicted octanol–water partition coefficient (Wildman–Crippen LogP) is 2.16. The summed E-state index contributed by atoms with van der Waals surface area (Å²) in [6.07, 6.45) is 3.36. The van der Waals surface area contributed by atoms with E-state index in [0.717, 1.165) is 30.5 Å². The molecule has 0 bridgehead atoms. The number of nitrogens with one attached hydrogen (secondary N) is 1. The first-order valence-electron chi connectivity index (χ1n) is 5.44. The van der Waals surface area contributed by atoms with Crippen molar-refractivity contribution in [1.29, 1.82) is 0 Å². The number of hydrogen-bond acceptors (Lipinski definition) is 3. The van der Waals surface area contributed by atoms with Crippen LogP contribution in [0.5, 0.6) is 0 Å². The Balaban J connectivity index is 2.28. The maximum absolute atomic E-state index is 13.1. The van der Waals surface area contributed by atoms with Crippen molar-refractivity contribution < 1.29 is 13.5 Å². The molecule has 92 valence electrons. The van der Waals surface area contributed by atoms with Crippen LogP contribution in [0.25, 0.3) is 0 Å². The topological polar surface area (TPSA) is 47.3 Å². The van der Waals surface area contributed by atoms with Gasteiger partial charge in [0.1, 0.15) is 0 Å². The van der Waals surface area contributed by atoms with E-state index in [9.17, 15) is 8.78 Å². The number of benzene rings is 1. The number of ether oxygens (including phenoxy) is 1. The molecule has 1 unspecified atom stereocenters. The first-order valence-corrected chi connectivity index (χ1v) is 5.44. The lowest BCUT2D eigenvalue weighted by molar-refractivity contribution is 0.219. The SMILES string of the molecule is NNC(C1=COCCC1)c1ccc(F)c(F)c1. The van der Waals surface area contributed by atoms with Gasteiger partial charge in [0.05, 0.1) is 18.9 Å². The summed E-state index contributed by atoms with van der Waals surface area (Å²) >= 11 is 0. The minimum atomic E-state index is -0.875. The smallest absolute Gasteiger partial charge is 0.159 e. The van der Waals surface area contributed by atoms with Crippen LogP contribution in [0.3, 0.4) is 0 Å². The lowest BCUT2D eigenvalue weighted by Gasteiger charge is -2.23. The molecule has 1 aliphatic heterocycles. The van der Waals surface area contributed by atoms with E-state index in [2.05, 4.69) is 5.43 Å². The second kappa shape index (κ2) is 5.25. The summed E-state index contributed by atoms with van der Waals surface area (Å²) in [4.78, 5) is 0. The van der Waals surface area contributed by atoms with Gasteiger partial charge in [-0.3, -0.25) is 5.84 Å². The molecule has 0 saturated carbocycles. The van der Waals surface area contributed by atoms with E-state index < -0.39 is 11.6 Å². The minimum Gasteiger partial charge on any atom is -0.501 e. The molecule has 17 heavy (non-hydrogen) atoms. The van der Waals surface area contributed by atoms with E-state index in [1.807, 2.05) is 0 Å². The fraction of sp³-hybridized carbons (Fsp3) is 0.333. The van der Waals surface area contributed by atoms with Crippen molar-refractivity contribution in [2.45, 2.75) is 18.9 Å². The van der Waals surface area contributed by atoms with Gasteiger partial charge in [0.25, 0.3) is 0 Å². The quantitative estimate of drug-likeness (QED) is 0.628. The number of hydrazine groups is 1. The Morgan fingerprint density at radius 1 is 1.29 bits per heavy atom. The maximum Gasteiger partial charge on any atom is 0.159 e. The average molecular weight is 240 g/mol. The van der Waals surface area contributed by atoms with Crippen LogP contribution in [0.1, 0.15) is 24.4 Å². The number of nitrogens with two attached hydrogens (primary N) is 1. The first-order chi connectivity index (χ1) is 8.22. The van der Waals surface area contributed by atoms with E-state index in [1.165, 1.54) is 6.07 Å². The van der Waals surface area contributed by atoms with Crippen LogP contribution < -0.4 is 11.3 Å². The Morgan fingerprint density at radius 2 is 2.12 bits per heavy atom. The van der Waals surface area contributed by atoms with Gasteiger partial charge in [0.2, 0.25) is 0 Å². The van der Waals surface area contributed by atoms with Gasteiger partial charge >= 0.3 is 0 Å². The molecule has 0 saturated heterocycles. The van der Waals surface area contributed by atoms with Gasteiger partial charge in [-0.1, -0.05) is 6.07 Å². The van der Waals surface area contributed by atoms with E-state index in [0.29, 0.717) is 12.2 Å². The molecular formula is C12H14F2N2O. The van der Waals surface area contributed by atoms with Gasteiger partial charge in [0.15, 0.2) is 11.6 Å². The van der Waals surface area contributed by atoms with Gasteiger partial charge in [0, 0.05) is 0 Å². The summed E-state index contributed by atoms with van der Waals surface area (Å²) in [7, 11) is 0. The Kier molecular flexibility index (Phi) is 3.71. The summed E-state index contributed by atoms with van der Waals surface area (Å²) in [5, 5.41) is 0. The third kappa shape index (κ3) is 2.62. The van der Waals surface area contributed by atoms with Crippen molar-refractivity contribution in [3.63, 3.8) is 0 Å². The predicted molar refractivity (Wildman–Crippen MR) is 59.7 cm³/mol. The molecule has 0 radical (unpaired) electrons. The van der Waals surface area contributed by atoms with Crippen molar-refractivity contribution >= 4 is 0 Å². The van der Waals surface area contributed by atoms with Crippen molar-refractivity contribution in [3.8, 4) is 0 Å². The third-order valence-electron chi connectivity index (χ3n) is 2.78. The molecule has 5 heteroatoms. The Morgan fingerprint density at radius 3 is 2.71 bits per heavy atom. The monoisotopic (exact) mass is 240 g/mol. The van der Waals surface area contributed by atoms with Crippen LogP contribution in [0.4, 0.5) is 8.78 Å². The molecular weight excluding hydrogens is 226 g/mol. The summed E-state index contributed by atoms with van der Waals surface area (Å²) in [6, 6.07) is 3.41. The van der Waals surface area contributed by atoms with Crippen molar-refractivity contribution in [2.24, 2.45) is 5.84 Å². The number of hydrogen-bond donors (Lipinski definition) is 2. The van der Waals surface area contributed by atoms with Crippen LogP contribution in [0.15, 0.2) is 30.0 Å². The lowest BCUT2D eigenvalue weighted by Crippen LogP contribution is -2.30. The Labute approximate surface area is 98.2 Å². The average Bonchev–Trinajstić information content (AvgIpc) is 2.36. The van der Waals surface area contributed by atoms with Gasteiger partial charge < -0.3 is 4.74 Å². The van der Waals surface area contributed by atoms with Crippen LogP contribution in [-0.4, -0.2) is 6.61 Å². The van der Waals surface area contributed by atoms with Crippen molar-refractivity contribution in [1.82, 2.24) is 5.43 Å².